The van der Waals surface area contributed by atoms with E-state index < -0.39 is 0 Å². The normalized spacial score (nSPS) is 18.9. The molecular weight excluding hydrogens is 354 g/mol. The van der Waals surface area contributed by atoms with Gasteiger partial charge >= 0.3 is 0 Å². The van der Waals surface area contributed by atoms with Gasteiger partial charge in [0.1, 0.15) is 0 Å². The van der Waals surface area contributed by atoms with E-state index in [0.29, 0.717) is 17.5 Å². The fourth-order valence-corrected chi connectivity index (χ4v) is 5.15. The Kier molecular flexibility index (Phi) is 4.02. The highest BCUT2D eigenvalue weighted by atomic mass is 16.5. The third-order valence-corrected chi connectivity index (χ3v) is 6.45. The molecule has 1 N–H and O–H groups in total. The maximum absolute atomic E-state index is 10.5. The van der Waals surface area contributed by atoms with Gasteiger partial charge in [0.25, 0.3) is 0 Å². The minimum Gasteiger partial charge on any atom is -0.504 e. The summed E-state index contributed by atoms with van der Waals surface area (Å²) in [5, 5.41) is 14.8. The summed E-state index contributed by atoms with van der Waals surface area (Å²) in [5.74, 6) is 2.08. The number of hydrogen-bond acceptors (Lipinski definition) is 5. The second kappa shape index (κ2) is 6.45. The van der Waals surface area contributed by atoms with Crippen molar-refractivity contribution in [2.75, 3.05) is 27.9 Å². The zero-order valence-electron chi connectivity index (χ0n) is 16.5. The van der Waals surface area contributed by atoms with Crippen molar-refractivity contribution in [2.45, 2.75) is 31.8 Å². The van der Waals surface area contributed by atoms with E-state index >= 15 is 0 Å². The number of nitrogens with zero attached hydrogens (tertiary/aromatic N) is 1. The molecule has 0 spiro atoms. The number of methoxy groups -OCH3 is 3. The third kappa shape index (κ3) is 2.35. The van der Waals surface area contributed by atoms with Crippen LogP contribution < -0.4 is 14.2 Å². The Labute approximate surface area is 164 Å². The number of benzene rings is 3. The van der Waals surface area contributed by atoms with Crippen molar-refractivity contribution in [3.05, 3.63) is 35.4 Å². The lowest BCUT2D eigenvalue weighted by Gasteiger charge is -2.33. The molecule has 3 aromatic carbocycles. The molecule has 2 aliphatic heterocycles. The average Bonchev–Trinajstić information content (AvgIpc) is 3.18. The minimum atomic E-state index is 0.168. The van der Waals surface area contributed by atoms with Crippen molar-refractivity contribution in [2.24, 2.45) is 0 Å². The van der Waals surface area contributed by atoms with Crippen molar-refractivity contribution < 1.29 is 19.3 Å². The van der Waals surface area contributed by atoms with E-state index in [2.05, 4.69) is 11.0 Å². The molecule has 5 heteroatoms. The summed E-state index contributed by atoms with van der Waals surface area (Å²) in [6, 6.07) is 8.52. The molecular formula is C23H25NO4. The van der Waals surface area contributed by atoms with Gasteiger partial charge in [-0.1, -0.05) is 6.07 Å². The van der Waals surface area contributed by atoms with Gasteiger partial charge < -0.3 is 19.3 Å². The van der Waals surface area contributed by atoms with Gasteiger partial charge in [0.15, 0.2) is 23.0 Å². The first-order valence-electron chi connectivity index (χ1n) is 9.79. The lowest BCUT2D eigenvalue weighted by Crippen LogP contribution is -2.35. The molecule has 0 amide bonds. The maximum Gasteiger partial charge on any atom is 0.169 e. The van der Waals surface area contributed by atoms with Crippen LogP contribution in [0.2, 0.25) is 0 Å². The molecule has 0 unspecified atom stereocenters. The van der Waals surface area contributed by atoms with Crippen molar-refractivity contribution in [3.8, 4) is 23.0 Å². The number of aromatic hydroxyl groups is 1. The molecule has 1 fully saturated rings. The average molecular weight is 379 g/mol. The van der Waals surface area contributed by atoms with Crippen molar-refractivity contribution in [1.82, 2.24) is 4.90 Å². The molecule has 0 aromatic heterocycles. The Bertz CT molecular complexity index is 1090. The third-order valence-electron chi connectivity index (χ3n) is 6.45. The Balaban J connectivity index is 1.94. The van der Waals surface area contributed by atoms with E-state index in [9.17, 15) is 5.11 Å². The fourth-order valence-electron chi connectivity index (χ4n) is 5.15. The van der Waals surface area contributed by atoms with Gasteiger partial charge in [-0.2, -0.15) is 0 Å². The highest BCUT2D eigenvalue weighted by molar-refractivity contribution is 6.15. The van der Waals surface area contributed by atoms with Crippen molar-refractivity contribution in [3.63, 3.8) is 0 Å². The largest absolute Gasteiger partial charge is 0.504 e. The van der Waals surface area contributed by atoms with Crippen LogP contribution in [0.5, 0.6) is 23.0 Å². The Hall–Kier alpha value is -2.66. The lowest BCUT2D eigenvalue weighted by atomic mass is 9.85. The van der Waals surface area contributed by atoms with Gasteiger partial charge in [-0.3, -0.25) is 4.90 Å². The number of hydrogen-bond donors (Lipinski definition) is 1. The van der Waals surface area contributed by atoms with Gasteiger partial charge in [0, 0.05) is 18.0 Å². The number of phenolic OH excluding ortho intramolecular Hbond substituents is 1. The van der Waals surface area contributed by atoms with Gasteiger partial charge in [-0.05, 0) is 71.3 Å². The van der Waals surface area contributed by atoms with E-state index in [1.165, 1.54) is 29.4 Å². The zero-order chi connectivity index (χ0) is 19.4. The molecule has 5 rings (SSSR count). The highest BCUT2D eigenvalue weighted by Crippen LogP contribution is 2.47. The number of ether oxygens (including phenoxy) is 3. The summed E-state index contributed by atoms with van der Waals surface area (Å²) in [5.41, 5.74) is 2.68. The quantitative estimate of drug-likeness (QED) is 0.690. The Morgan fingerprint density at radius 3 is 2.50 bits per heavy atom. The topological polar surface area (TPSA) is 51.2 Å². The molecule has 2 aliphatic rings. The van der Waals surface area contributed by atoms with Crippen LogP contribution in [0.1, 0.15) is 24.0 Å². The molecule has 2 heterocycles. The molecule has 1 atom stereocenters. The van der Waals surface area contributed by atoms with Gasteiger partial charge in [0.05, 0.1) is 21.3 Å². The number of phenols is 1. The summed E-state index contributed by atoms with van der Waals surface area (Å²) in [4.78, 5) is 2.58. The van der Waals surface area contributed by atoms with Crippen LogP contribution in [0.4, 0.5) is 0 Å². The zero-order valence-corrected chi connectivity index (χ0v) is 16.5. The first-order chi connectivity index (χ1) is 13.7. The Morgan fingerprint density at radius 2 is 1.75 bits per heavy atom. The first-order valence-corrected chi connectivity index (χ1v) is 9.79. The molecule has 0 bridgehead atoms. The van der Waals surface area contributed by atoms with Crippen LogP contribution >= 0.6 is 0 Å². The molecule has 5 nitrogen and oxygen atoms in total. The minimum absolute atomic E-state index is 0.168. The van der Waals surface area contributed by atoms with E-state index in [4.69, 9.17) is 14.2 Å². The van der Waals surface area contributed by atoms with Gasteiger partial charge in [-0.25, -0.2) is 0 Å². The SMILES string of the molecule is COc1cc2c(cc1O)c1c(c3ccc(OC)c(OC)c32)C[C@H]2CCCN2C1. The lowest BCUT2D eigenvalue weighted by molar-refractivity contribution is 0.229. The summed E-state index contributed by atoms with van der Waals surface area (Å²) >= 11 is 0. The number of rotatable bonds is 3. The second-order valence-corrected chi connectivity index (χ2v) is 7.72. The number of fused-ring (bicyclic) bond motifs is 7. The van der Waals surface area contributed by atoms with Crippen molar-refractivity contribution in [1.29, 1.82) is 0 Å². The second-order valence-electron chi connectivity index (χ2n) is 7.72. The van der Waals surface area contributed by atoms with Crippen LogP contribution in [0.3, 0.4) is 0 Å². The predicted molar refractivity (Wildman–Crippen MR) is 110 cm³/mol. The van der Waals surface area contributed by atoms with Gasteiger partial charge in [-0.15, -0.1) is 0 Å². The molecule has 0 saturated carbocycles. The summed E-state index contributed by atoms with van der Waals surface area (Å²) in [6.45, 7) is 2.07. The summed E-state index contributed by atoms with van der Waals surface area (Å²) < 4.78 is 16.8. The van der Waals surface area contributed by atoms with E-state index in [-0.39, 0.29) is 5.75 Å². The van der Waals surface area contributed by atoms with Crippen molar-refractivity contribution >= 4 is 21.5 Å². The standard InChI is InChI=1S/C23H25NO4/c1-26-20-7-6-14-15-9-13-5-4-8-24(13)12-18(15)16-10-19(25)21(27-2)11-17(16)22(14)23(20)28-3/h6-7,10-11,13,25H,4-5,8-9,12H2,1-3H3/t13-/m1/s1. The molecule has 1 saturated heterocycles. The fraction of sp³-hybridized carbons (Fsp3) is 0.391. The molecule has 0 radical (unpaired) electrons. The van der Waals surface area contributed by atoms with Crippen LogP contribution in [-0.2, 0) is 13.0 Å². The predicted octanol–water partition coefficient (Wildman–Crippen LogP) is 4.24. The molecule has 0 aliphatic carbocycles. The summed E-state index contributed by atoms with van der Waals surface area (Å²) in [7, 11) is 4.92. The maximum atomic E-state index is 10.5. The van der Waals surface area contributed by atoms with E-state index in [1.807, 2.05) is 18.2 Å². The van der Waals surface area contributed by atoms with Crippen LogP contribution in [0, 0.1) is 0 Å². The monoisotopic (exact) mass is 379 g/mol. The van der Waals surface area contributed by atoms with E-state index in [0.717, 1.165) is 41.4 Å². The van der Waals surface area contributed by atoms with Crippen LogP contribution in [0.15, 0.2) is 24.3 Å². The summed E-state index contributed by atoms with van der Waals surface area (Å²) in [6.07, 6.45) is 3.54. The first kappa shape index (κ1) is 17.4. The Morgan fingerprint density at radius 1 is 0.929 bits per heavy atom. The van der Waals surface area contributed by atoms with Gasteiger partial charge in [0.2, 0.25) is 0 Å². The smallest absolute Gasteiger partial charge is 0.169 e. The molecule has 3 aromatic rings. The van der Waals surface area contributed by atoms with Crippen LogP contribution in [0.25, 0.3) is 21.5 Å². The highest BCUT2D eigenvalue weighted by Gasteiger charge is 2.33. The molecule has 146 valence electrons. The van der Waals surface area contributed by atoms with E-state index in [1.54, 1.807) is 21.3 Å². The van der Waals surface area contributed by atoms with Crippen LogP contribution in [-0.4, -0.2) is 43.9 Å². The molecule has 28 heavy (non-hydrogen) atoms.